The molecule has 0 fully saturated rings. The molecule has 0 bridgehead atoms. The highest BCUT2D eigenvalue weighted by Gasteiger charge is 2.16. The number of nitrogens with zero attached hydrogens (tertiary/aromatic N) is 4. The van der Waals surface area contributed by atoms with Gasteiger partial charge in [-0.3, -0.25) is 14.3 Å². The minimum Gasteiger partial charge on any atom is -0.350 e. The molecular formula is C18H17F2N5O2S. The van der Waals surface area contributed by atoms with Crippen LogP contribution < -0.4 is 11.0 Å². The average Bonchev–Trinajstić information content (AvgIpc) is 2.97. The SMILES string of the molecule is Cn1c(-c2cccnc2)nn(CCNC(=O)c2ccccc2SC(F)F)c1=O. The van der Waals surface area contributed by atoms with E-state index in [1.807, 2.05) is 0 Å². The molecule has 0 saturated heterocycles. The second-order valence-corrected chi connectivity index (χ2v) is 6.79. The van der Waals surface area contributed by atoms with E-state index in [-0.39, 0.29) is 29.2 Å². The molecule has 0 unspecified atom stereocenters. The predicted molar refractivity (Wildman–Crippen MR) is 101 cm³/mol. The number of halogens is 2. The molecule has 1 N–H and O–H groups in total. The van der Waals surface area contributed by atoms with Crippen LogP contribution in [0, 0.1) is 0 Å². The normalized spacial score (nSPS) is 11.0. The number of rotatable bonds is 7. The third-order valence-corrected chi connectivity index (χ3v) is 4.71. The molecule has 0 atom stereocenters. The number of nitrogens with one attached hydrogen (secondary N) is 1. The summed E-state index contributed by atoms with van der Waals surface area (Å²) in [5.41, 5.74) is 0.529. The van der Waals surface area contributed by atoms with E-state index in [2.05, 4.69) is 15.4 Å². The maximum absolute atomic E-state index is 12.6. The van der Waals surface area contributed by atoms with Crippen molar-refractivity contribution < 1.29 is 13.6 Å². The van der Waals surface area contributed by atoms with Gasteiger partial charge in [0.2, 0.25) is 0 Å². The van der Waals surface area contributed by atoms with Crippen molar-refractivity contribution in [3.8, 4) is 11.4 Å². The van der Waals surface area contributed by atoms with Gasteiger partial charge in [-0.05, 0) is 24.3 Å². The van der Waals surface area contributed by atoms with Gasteiger partial charge in [0.15, 0.2) is 5.82 Å². The molecule has 3 aromatic rings. The second-order valence-electron chi connectivity index (χ2n) is 5.76. The Bertz CT molecular complexity index is 1020. The van der Waals surface area contributed by atoms with Gasteiger partial charge in [-0.1, -0.05) is 23.9 Å². The number of thioether (sulfide) groups is 1. The predicted octanol–water partition coefficient (Wildman–Crippen LogP) is 2.39. The molecule has 0 spiro atoms. The third-order valence-electron chi connectivity index (χ3n) is 3.92. The summed E-state index contributed by atoms with van der Waals surface area (Å²) in [6.45, 7) is 0.263. The molecular weight excluding hydrogens is 388 g/mol. The van der Waals surface area contributed by atoms with E-state index in [0.717, 1.165) is 0 Å². The van der Waals surface area contributed by atoms with E-state index in [1.54, 1.807) is 43.7 Å². The van der Waals surface area contributed by atoms with E-state index < -0.39 is 11.7 Å². The molecule has 7 nitrogen and oxygen atoms in total. The van der Waals surface area contributed by atoms with Crippen molar-refractivity contribution in [2.24, 2.45) is 7.05 Å². The summed E-state index contributed by atoms with van der Waals surface area (Å²) in [5.74, 6) is -2.64. The lowest BCUT2D eigenvalue weighted by atomic mass is 10.2. The lowest BCUT2D eigenvalue weighted by Crippen LogP contribution is -2.32. The number of alkyl halides is 2. The van der Waals surface area contributed by atoms with Crippen molar-refractivity contribution >= 4 is 17.7 Å². The Morgan fingerprint density at radius 1 is 1.25 bits per heavy atom. The minimum absolute atomic E-state index is 0.121. The van der Waals surface area contributed by atoms with Crippen LogP contribution in [0.5, 0.6) is 0 Å². The van der Waals surface area contributed by atoms with Gasteiger partial charge < -0.3 is 5.32 Å². The Balaban J connectivity index is 1.68. The molecule has 1 aromatic carbocycles. The van der Waals surface area contributed by atoms with Crippen LogP contribution in [0.4, 0.5) is 8.78 Å². The van der Waals surface area contributed by atoms with Crippen LogP contribution in [0.2, 0.25) is 0 Å². The summed E-state index contributed by atoms with van der Waals surface area (Å²) < 4.78 is 27.9. The first kappa shape index (κ1) is 19.7. The summed E-state index contributed by atoms with van der Waals surface area (Å²) in [5, 5.41) is 6.92. The van der Waals surface area contributed by atoms with E-state index in [4.69, 9.17) is 0 Å². The van der Waals surface area contributed by atoms with Crippen LogP contribution in [0.15, 0.2) is 58.5 Å². The first-order valence-corrected chi connectivity index (χ1v) is 9.21. The molecule has 2 heterocycles. The highest BCUT2D eigenvalue weighted by atomic mass is 32.2. The smallest absolute Gasteiger partial charge is 0.345 e. The van der Waals surface area contributed by atoms with Gasteiger partial charge in [-0.25, -0.2) is 9.48 Å². The Kier molecular flexibility index (Phi) is 6.19. The number of pyridine rings is 1. The average molecular weight is 405 g/mol. The molecule has 28 heavy (non-hydrogen) atoms. The first-order chi connectivity index (χ1) is 13.5. The number of carbonyl (C=O) groups excluding carboxylic acids is 1. The van der Waals surface area contributed by atoms with Crippen molar-refractivity contribution in [3.63, 3.8) is 0 Å². The number of hydrogen-bond acceptors (Lipinski definition) is 5. The Morgan fingerprint density at radius 3 is 2.75 bits per heavy atom. The van der Waals surface area contributed by atoms with E-state index in [1.165, 1.54) is 21.4 Å². The Morgan fingerprint density at radius 2 is 2.04 bits per heavy atom. The molecule has 0 aliphatic rings. The summed E-state index contributed by atoms with van der Waals surface area (Å²) >= 11 is 0.318. The monoisotopic (exact) mass is 405 g/mol. The van der Waals surface area contributed by atoms with Gasteiger partial charge >= 0.3 is 5.69 Å². The van der Waals surface area contributed by atoms with Crippen LogP contribution in [0.1, 0.15) is 10.4 Å². The van der Waals surface area contributed by atoms with Gasteiger partial charge in [0.1, 0.15) is 0 Å². The van der Waals surface area contributed by atoms with E-state index in [9.17, 15) is 18.4 Å². The standard InChI is InChI=1S/C18H17F2N5O2S/c1-24-15(12-5-4-8-21-11-12)23-25(18(24)27)10-9-22-16(26)13-6-2-3-7-14(13)28-17(19)20/h2-8,11,17H,9-10H2,1H3,(H,22,26). The van der Waals surface area contributed by atoms with Crippen LogP contribution in [-0.2, 0) is 13.6 Å². The van der Waals surface area contributed by atoms with Crippen molar-refractivity contribution in [2.75, 3.05) is 6.54 Å². The van der Waals surface area contributed by atoms with E-state index in [0.29, 0.717) is 23.1 Å². The Labute approximate surface area is 163 Å². The van der Waals surface area contributed by atoms with Crippen LogP contribution >= 0.6 is 11.8 Å². The van der Waals surface area contributed by atoms with Crippen LogP contribution in [0.25, 0.3) is 11.4 Å². The van der Waals surface area contributed by atoms with Crippen molar-refractivity contribution in [3.05, 3.63) is 64.8 Å². The molecule has 0 aliphatic heterocycles. The van der Waals surface area contributed by atoms with Gasteiger partial charge in [0.25, 0.3) is 11.7 Å². The summed E-state index contributed by atoms with van der Waals surface area (Å²) in [7, 11) is 1.60. The topological polar surface area (TPSA) is 81.8 Å². The number of hydrogen-bond donors (Lipinski definition) is 1. The lowest BCUT2D eigenvalue weighted by molar-refractivity contribution is 0.0949. The lowest BCUT2D eigenvalue weighted by Gasteiger charge is -2.09. The fourth-order valence-corrected chi connectivity index (χ4v) is 3.24. The molecule has 1 amide bonds. The molecule has 0 saturated carbocycles. The highest BCUT2D eigenvalue weighted by Crippen LogP contribution is 2.28. The minimum atomic E-state index is -2.62. The van der Waals surface area contributed by atoms with Gasteiger partial charge in [-0.2, -0.15) is 8.78 Å². The third kappa shape index (κ3) is 4.45. The number of aromatic nitrogens is 4. The molecule has 146 valence electrons. The number of carbonyl (C=O) groups is 1. The molecule has 0 aliphatic carbocycles. The Hall–Kier alpha value is -3.01. The zero-order valence-corrected chi connectivity index (χ0v) is 15.7. The maximum atomic E-state index is 12.6. The van der Waals surface area contributed by atoms with E-state index >= 15 is 0 Å². The highest BCUT2D eigenvalue weighted by molar-refractivity contribution is 7.99. The molecule has 3 rings (SSSR count). The summed E-state index contributed by atoms with van der Waals surface area (Å²) in [6, 6.07) is 9.68. The van der Waals surface area contributed by atoms with Crippen molar-refractivity contribution in [1.82, 2.24) is 24.6 Å². The van der Waals surface area contributed by atoms with Gasteiger partial charge in [0, 0.05) is 36.4 Å². The number of benzene rings is 1. The zero-order chi connectivity index (χ0) is 20.1. The fraction of sp³-hybridized carbons (Fsp3) is 0.222. The quantitative estimate of drug-likeness (QED) is 0.611. The van der Waals surface area contributed by atoms with Crippen LogP contribution in [0.3, 0.4) is 0 Å². The summed E-state index contributed by atoms with van der Waals surface area (Å²) in [4.78, 5) is 28.9. The van der Waals surface area contributed by atoms with Gasteiger partial charge in [-0.15, -0.1) is 5.10 Å². The van der Waals surface area contributed by atoms with Gasteiger partial charge in [0.05, 0.1) is 12.1 Å². The van der Waals surface area contributed by atoms with Crippen LogP contribution in [-0.4, -0.2) is 37.5 Å². The molecule has 0 radical (unpaired) electrons. The largest absolute Gasteiger partial charge is 0.350 e. The first-order valence-electron chi connectivity index (χ1n) is 8.33. The number of amides is 1. The van der Waals surface area contributed by atoms with Crippen molar-refractivity contribution in [1.29, 1.82) is 0 Å². The fourth-order valence-electron chi connectivity index (χ4n) is 2.60. The second kappa shape index (κ2) is 8.79. The summed E-state index contributed by atoms with van der Waals surface area (Å²) in [6.07, 6.45) is 3.23. The zero-order valence-electron chi connectivity index (χ0n) is 14.9. The maximum Gasteiger partial charge on any atom is 0.345 e. The molecule has 10 heteroatoms. The van der Waals surface area contributed by atoms with Crippen molar-refractivity contribution in [2.45, 2.75) is 17.2 Å². The molecule has 2 aromatic heterocycles.